The summed E-state index contributed by atoms with van der Waals surface area (Å²) in [5.74, 6) is -0.0330. The van der Waals surface area contributed by atoms with E-state index in [1.807, 2.05) is 36.0 Å². The van der Waals surface area contributed by atoms with Crippen LogP contribution < -0.4 is 5.32 Å². The topological polar surface area (TPSA) is 46.9 Å². The van der Waals surface area contributed by atoms with E-state index in [0.29, 0.717) is 12.1 Å². The number of amides is 1. The van der Waals surface area contributed by atoms with E-state index < -0.39 is 0 Å². The van der Waals surface area contributed by atoms with E-state index >= 15 is 0 Å². The minimum atomic E-state index is -0.0330. The Labute approximate surface area is 142 Å². The molecule has 1 atom stereocenters. The van der Waals surface area contributed by atoms with Gasteiger partial charge in [-0.1, -0.05) is 42.8 Å². The van der Waals surface area contributed by atoms with Gasteiger partial charge in [-0.2, -0.15) is 5.10 Å². The maximum atomic E-state index is 12.3. The molecule has 0 radical (unpaired) electrons. The van der Waals surface area contributed by atoms with Gasteiger partial charge in [0.25, 0.3) is 5.91 Å². The molecular formula is C20H23N3O. The van der Waals surface area contributed by atoms with Gasteiger partial charge in [0.15, 0.2) is 0 Å². The predicted molar refractivity (Wildman–Crippen MR) is 97.2 cm³/mol. The molecule has 0 unspecified atom stereocenters. The molecule has 1 N–H and O–H groups in total. The lowest BCUT2D eigenvalue weighted by Gasteiger charge is -2.11. The number of nitrogens with one attached hydrogen (secondary N) is 1. The van der Waals surface area contributed by atoms with Gasteiger partial charge in [0.1, 0.15) is 0 Å². The number of benzene rings is 2. The Kier molecular flexibility index (Phi) is 4.65. The van der Waals surface area contributed by atoms with Crippen LogP contribution in [0.1, 0.15) is 41.8 Å². The predicted octanol–water partition coefficient (Wildman–Crippen LogP) is 3.92. The summed E-state index contributed by atoms with van der Waals surface area (Å²) in [5, 5.41) is 8.53. The van der Waals surface area contributed by atoms with Crippen molar-refractivity contribution in [3.8, 4) is 0 Å². The Bertz CT molecular complexity index is 849. The Morgan fingerprint density at radius 1 is 1.21 bits per heavy atom. The largest absolute Gasteiger partial charge is 0.350 e. The summed E-state index contributed by atoms with van der Waals surface area (Å²) < 4.78 is 1.94. The summed E-state index contributed by atoms with van der Waals surface area (Å²) in [6, 6.07) is 14.3. The number of fused-ring (bicyclic) bond motifs is 1. The van der Waals surface area contributed by atoms with Gasteiger partial charge >= 0.3 is 0 Å². The number of aryl methyl sites for hydroxylation is 1. The second-order valence-corrected chi connectivity index (χ2v) is 6.34. The fourth-order valence-corrected chi connectivity index (χ4v) is 2.61. The van der Waals surface area contributed by atoms with Crippen LogP contribution in [0.2, 0.25) is 0 Å². The molecule has 3 aromatic rings. The number of nitrogens with zero attached hydrogens (tertiary/aromatic N) is 2. The van der Waals surface area contributed by atoms with Crippen LogP contribution in [0.25, 0.3) is 10.9 Å². The molecule has 4 nitrogen and oxygen atoms in total. The molecule has 2 aromatic carbocycles. The molecule has 0 fully saturated rings. The van der Waals surface area contributed by atoms with Crippen molar-refractivity contribution in [3.05, 3.63) is 65.4 Å². The van der Waals surface area contributed by atoms with Gasteiger partial charge in [0.05, 0.1) is 18.3 Å². The molecule has 3 rings (SSSR count). The quantitative estimate of drug-likeness (QED) is 0.774. The highest BCUT2D eigenvalue weighted by Crippen LogP contribution is 2.18. The van der Waals surface area contributed by atoms with Crippen molar-refractivity contribution in [1.82, 2.24) is 15.1 Å². The van der Waals surface area contributed by atoms with Crippen molar-refractivity contribution in [2.24, 2.45) is 0 Å². The number of carbonyl (C=O) groups is 1. The minimum Gasteiger partial charge on any atom is -0.350 e. The van der Waals surface area contributed by atoms with Crippen molar-refractivity contribution < 1.29 is 4.79 Å². The molecule has 0 saturated heterocycles. The molecule has 24 heavy (non-hydrogen) atoms. The fraction of sp³-hybridized carbons (Fsp3) is 0.300. The fourth-order valence-electron chi connectivity index (χ4n) is 2.61. The van der Waals surface area contributed by atoms with Crippen LogP contribution in [0, 0.1) is 6.92 Å². The zero-order chi connectivity index (χ0) is 17.1. The summed E-state index contributed by atoms with van der Waals surface area (Å²) in [7, 11) is 0. The lowest BCUT2D eigenvalue weighted by Crippen LogP contribution is -2.31. The zero-order valence-corrected chi connectivity index (χ0v) is 14.4. The van der Waals surface area contributed by atoms with E-state index in [9.17, 15) is 4.79 Å². The highest BCUT2D eigenvalue weighted by molar-refractivity contribution is 5.98. The van der Waals surface area contributed by atoms with Crippen LogP contribution in [0.3, 0.4) is 0 Å². The van der Waals surface area contributed by atoms with Gasteiger partial charge in [-0.25, -0.2) is 0 Å². The molecule has 0 aliphatic carbocycles. The molecule has 0 aliphatic rings. The van der Waals surface area contributed by atoms with Crippen LogP contribution in [0.4, 0.5) is 0 Å². The smallest absolute Gasteiger partial charge is 0.251 e. The second kappa shape index (κ2) is 6.87. The Morgan fingerprint density at radius 2 is 1.96 bits per heavy atom. The van der Waals surface area contributed by atoms with Gasteiger partial charge in [0, 0.05) is 17.0 Å². The maximum Gasteiger partial charge on any atom is 0.251 e. The molecule has 1 aromatic heterocycles. The van der Waals surface area contributed by atoms with E-state index in [1.165, 1.54) is 11.1 Å². The lowest BCUT2D eigenvalue weighted by atomic mass is 10.1. The normalized spacial score (nSPS) is 12.3. The van der Waals surface area contributed by atoms with E-state index in [4.69, 9.17) is 0 Å². The van der Waals surface area contributed by atoms with E-state index in [2.05, 4.69) is 48.5 Å². The third-order valence-electron chi connectivity index (χ3n) is 4.35. The Balaban J connectivity index is 1.88. The van der Waals surface area contributed by atoms with Crippen molar-refractivity contribution in [2.45, 2.75) is 39.8 Å². The number of hydrogen-bond acceptors (Lipinski definition) is 2. The van der Waals surface area contributed by atoms with Crippen LogP contribution in [-0.2, 0) is 6.54 Å². The van der Waals surface area contributed by atoms with Crippen LogP contribution >= 0.6 is 0 Å². The molecule has 0 bridgehead atoms. The van der Waals surface area contributed by atoms with Gasteiger partial charge in [-0.05, 0) is 38.0 Å². The molecule has 0 saturated carbocycles. The van der Waals surface area contributed by atoms with Gasteiger partial charge in [-0.3, -0.25) is 9.48 Å². The van der Waals surface area contributed by atoms with E-state index in [1.54, 1.807) is 0 Å². The molecule has 1 amide bonds. The lowest BCUT2D eigenvalue weighted by molar-refractivity contribution is 0.0939. The maximum absolute atomic E-state index is 12.3. The summed E-state index contributed by atoms with van der Waals surface area (Å²) in [4.78, 5) is 12.3. The van der Waals surface area contributed by atoms with Crippen molar-refractivity contribution in [1.29, 1.82) is 0 Å². The summed E-state index contributed by atoms with van der Waals surface area (Å²) in [6.45, 7) is 6.85. The first-order chi connectivity index (χ1) is 11.6. The molecule has 124 valence electrons. The van der Waals surface area contributed by atoms with E-state index in [-0.39, 0.29) is 11.9 Å². The van der Waals surface area contributed by atoms with Crippen LogP contribution in [0.5, 0.6) is 0 Å². The molecule has 0 aliphatic heterocycles. The van der Waals surface area contributed by atoms with Crippen LogP contribution in [0.15, 0.2) is 48.7 Å². The first-order valence-electron chi connectivity index (χ1n) is 8.39. The number of rotatable bonds is 5. The van der Waals surface area contributed by atoms with Gasteiger partial charge in [0.2, 0.25) is 0 Å². The minimum absolute atomic E-state index is 0.0330. The number of hydrogen-bond donors (Lipinski definition) is 1. The molecule has 0 spiro atoms. The van der Waals surface area contributed by atoms with Gasteiger partial charge < -0.3 is 5.32 Å². The zero-order valence-electron chi connectivity index (χ0n) is 14.4. The Hall–Kier alpha value is -2.62. The van der Waals surface area contributed by atoms with Crippen molar-refractivity contribution in [3.63, 3.8) is 0 Å². The monoisotopic (exact) mass is 321 g/mol. The number of aromatic nitrogens is 2. The standard InChI is InChI=1S/C20H23N3O/c1-4-15(3)22-20(24)17-9-10-18-12-21-23(19(18)11-17)13-16-7-5-14(2)6-8-16/h5-12,15H,4,13H2,1-3H3,(H,22,24)/t15-/m1/s1. The van der Waals surface area contributed by atoms with Gasteiger partial charge in [-0.15, -0.1) is 0 Å². The SMILES string of the molecule is CC[C@@H](C)NC(=O)c1ccc2cnn(Cc3ccc(C)cc3)c2c1. The number of carbonyl (C=O) groups excluding carboxylic acids is 1. The average molecular weight is 321 g/mol. The van der Waals surface area contributed by atoms with Crippen molar-refractivity contribution in [2.75, 3.05) is 0 Å². The summed E-state index contributed by atoms with van der Waals surface area (Å²) >= 11 is 0. The summed E-state index contributed by atoms with van der Waals surface area (Å²) in [6.07, 6.45) is 2.76. The second-order valence-electron chi connectivity index (χ2n) is 6.34. The van der Waals surface area contributed by atoms with E-state index in [0.717, 1.165) is 17.3 Å². The first kappa shape index (κ1) is 16.2. The van der Waals surface area contributed by atoms with Crippen LogP contribution in [-0.4, -0.2) is 21.7 Å². The molecular weight excluding hydrogens is 298 g/mol. The van der Waals surface area contributed by atoms with Crippen molar-refractivity contribution >= 4 is 16.8 Å². The highest BCUT2D eigenvalue weighted by Gasteiger charge is 2.11. The summed E-state index contributed by atoms with van der Waals surface area (Å²) in [5.41, 5.74) is 4.09. The Morgan fingerprint density at radius 3 is 2.67 bits per heavy atom. The molecule has 1 heterocycles. The first-order valence-corrected chi connectivity index (χ1v) is 8.39. The highest BCUT2D eigenvalue weighted by atomic mass is 16.1. The molecule has 4 heteroatoms. The third-order valence-corrected chi connectivity index (χ3v) is 4.35. The third kappa shape index (κ3) is 3.48. The average Bonchev–Trinajstić information content (AvgIpc) is 2.99.